The Labute approximate surface area is 313 Å². The van der Waals surface area contributed by atoms with Gasteiger partial charge in [0.2, 0.25) is 0 Å². The molecule has 1 N–H and O–H groups in total. The van der Waals surface area contributed by atoms with Crippen LogP contribution in [0.3, 0.4) is 0 Å². The van der Waals surface area contributed by atoms with Crippen molar-refractivity contribution in [2.24, 2.45) is 0 Å². The standard InChI is InChI=1S/C48H29BN2O4/c52-49-55-32-17-20-44-38(27-32)37-24-29(14-19-43(37)51(44)31-16-22-48-40(26-31)35-9-3-6-12-46(35)54-48)28-13-18-42-36(23-28)33-7-1-4-10-41(33)50(42)30-15-21-47-39(25-30)34-8-2-5-11-45(34)53-47/h1-27,49,52H. The summed E-state index contributed by atoms with van der Waals surface area (Å²) < 4.78 is 22.6. The van der Waals surface area contributed by atoms with Crippen LogP contribution < -0.4 is 4.65 Å². The molecule has 0 spiro atoms. The van der Waals surface area contributed by atoms with Gasteiger partial charge in [-0.2, -0.15) is 0 Å². The first-order valence-corrected chi connectivity index (χ1v) is 18.4. The van der Waals surface area contributed by atoms with Crippen LogP contribution in [0.25, 0.3) is 110 Å². The van der Waals surface area contributed by atoms with Crippen molar-refractivity contribution >= 4 is 95.2 Å². The van der Waals surface area contributed by atoms with E-state index in [1.54, 1.807) is 0 Å². The molecule has 8 aromatic carbocycles. The first-order valence-electron chi connectivity index (χ1n) is 18.4. The molecule has 4 heterocycles. The highest BCUT2D eigenvalue weighted by atomic mass is 16.5. The molecule has 7 heteroatoms. The summed E-state index contributed by atoms with van der Waals surface area (Å²) in [6.07, 6.45) is 0. The highest BCUT2D eigenvalue weighted by molar-refractivity contribution is 6.18. The van der Waals surface area contributed by atoms with Crippen molar-refractivity contribution in [2.45, 2.75) is 0 Å². The van der Waals surface area contributed by atoms with E-state index in [-0.39, 0.29) is 7.69 Å². The maximum atomic E-state index is 9.62. The van der Waals surface area contributed by atoms with E-state index in [1.807, 2.05) is 42.5 Å². The van der Waals surface area contributed by atoms with Gasteiger partial charge in [0, 0.05) is 54.5 Å². The number of hydrogen-bond donors (Lipinski definition) is 1. The highest BCUT2D eigenvalue weighted by Gasteiger charge is 2.19. The summed E-state index contributed by atoms with van der Waals surface area (Å²) in [7, 11) is -0.389. The minimum atomic E-state index is -0.389. The van der Waals surface area contributed by atoms with Gasteiger partial charge in [-0.3, -0.25) is 0 Å². The van der Waals surface area contributed by atoms with Crippen molar-refractivity contribution in [3.8, 4) is 28.3 Å². The number of para-hydroxylation sites is 3. The number of nitrogens with zero attached hydrogens (tertiary/aromatic N) is 2. The third-order valence-electron chi connectivity index (χ3n) is 11.2. The Balaban J connectivity index is 1.04. The lowest BCUT2D eigenvalue weighted by Crippen LogP contribution is -1.99. The fraction of sp³-hybridized carbons (Fsp3) is 0. The van der Waals surface area contributed by atoms with E-state index in [4.69, 9.17) is 13.5 Å². The van der Waals surface area contributed by atoms with Crippen LogP contribution in [0.2, 0.25) is 0 Å². The summed E-state index contributed by atoms with van der Waals surface area (Å²) >= 11 is 0. The van der Waals surface area contributed by atoms with Gasteiger partial charge >= 0.3 is 7.69 Å². The zero-order chi connectivity index (χ0) is 36.2. The second-order valence-electron chi connectivity index (χ2n) is 14.2. The van der Waals surface area contributed by atoms with Crippen molar-refractivity contribution in [2.75, 3.05) is 0 Å². The van der Waals surface area contributed by atoms with Crippen LogP contribution in [0.4, 0.5) is 0 Å². The largest absolute Gasteiger partial charge is 0.539 e. The molecule has 0 aliphatic heterocycles. The smallest absolute Gasteiger partial charge is 0.504 e. The van der Waals surface area contributed by atoms with Gasteiger partial charge in [0.05, 0.1) is 22.1 Å². The molecule has 0 aliphatic carbocycles. The Morgan fingerprint density at radius 3 is 1.42 bits per heavy atom. The van der Waals surface area contributed by atoms with Gasteiger partial charge in [-0.15, -0.1) is 0 Å². The third kappa shape index (κ3) is 4.42. The Kier molecular flexibility index (Phi) is 6.27. The number of hydrogen-bond acceptors (Lipinski definition) is 4. The molecule has 0 saturated heterocycles. The Bertz CT molecular complexity index is 3530. The predicted octanol–water partition coefficient (Wildman–Crippen LogP) is 12.0. The molecule has 4 aromatic heterocycles. The van der Waals surface area contributed by atoms with Crippen LogP contribution >= 0.6 is 0 Å². The number of fused-ring (bicyclic) bond motifs is 12. The second-order valence-corrected chi connectivity index (χ2v) is 14.2. The maximum Gasteiger partial charge on any atom is 0.504 e. The lowest BCUT2D eigenvalue weighted by atomic mass is 10.0. The third-order valence-corrected chi connectivity index (χ3v) is 11.2. The lowest BCUT2D eigenvalue weighted by molar-refractivity contribution is 0.454. The van der Waals surface area contributed by atoms with Crippen LogP contribution in [0.5, 0.6) is 5.75 Å². The first-order chi connectivity index (χ1) is 27.2. The number of furan rings is 2. The molecule has 0 unspecified atom stereocenters. The fourth-order valence-corrected chi connectivity index (χ4v) is 8.76. The molecule has 0 atom stereocenters. The topological polar surface area (TPSA) is 65.6 Å². The van der Waals surface area contributed by atoms with E-state index in [0.29, 0.717) is 5.75 Å². The van der Waals surface area contributed by atoms with E-state index in [0.717, 1.165) is 99.2 Å². The predicted molar refractivity (Wildman–Crippen MR) is 225 cm³/mol. The molecule has 6 nitrogen and oxygen atoms in total. The average molecular weight is 709 g/mol. The van der Waals surface area contributed by atoms with Gasteiger partial charge in [0.15, 0.2) is 0 Å². The van der Waals surface area contributed by atoms with E-state index in [1.165, 1.54) is 10.8 Å². The van der Waals surface area contributed by atoms with E-state index in [9.17, 15) is 5.02 Å². The maximum absolute atomic E-state index is 9.62. The molecule has 0 radical (unpaired) electrons. The van der Waals surface area contributed by atoms with Gasteiger partial charge < -0.3 is 27.6 Å². The van der Waals surface area contributed by atoms with E-state index in [2.05, 4.69) is 130 Å². The highest BCUT2D eigenvalue weighted by Crippen LogP contribution is 2.41. The number of rotatable bonds is 5. The average Bonchev–Trinajstić information content (AvgIpc) is 3.97. The van der Waals surface area contributed by atoms with Crippen molar-refractivity contribution in [3.05, 3.63) is 164 Å². The van der Waals surface area contributed by atoms with E-state index >= 15 is 0 Å². The molecular weight excluding hydrogens is 679 g/mol. The summed E-state index contributed by atoms with van der Waals surface area (Å²) in [4.78, 5) is 0. The summed E-state index contributed by atoms with van der Waals surface area (Å²) in [6.45, 7) is 0. The first kappa shape index (κ1) is 30.3. The van der Waals surface area contributed by atoms with Crippen LogP contribution in [0.15, 0.2) is 173 Å². The fourth-order valence-electron chi connectivity index (χ4n) is 8.76. The minimum absolute atomic E-state index is 0.389. The van der Waals surface area contributed by atoms with Crippen LogP contribution in [-0.2, 0) is 0 Å². The van der Waals surface area contributed by atoms with Gasteiger partial charge in [0.25, 0.3) is 0 Å². The van der Waals surface area contributed by atoms with Crippen LogP contribution in [-0.4, -0.2) is 21.8 Å². The molecule has 258 valence electrons. The summed E-state index contributed by atoms with van der Waals surface area (Å²) in [6, 6.07) is 57.4. The Hall–Kier alpha value is -7.22. The van der Waals surface area contributed by atoms with Gasteiger partial charge in [-0.05, 0) is 108 Å². The van der Waals surface area contributed by atoms with Crippen molar-refractivity contribution in [1.82, 2.24) is 9.13 Å². The van der Waals surface area contributed by atoms with Crippen LogP contribution in [0.1, 0.15) is 0 Å². The molecule has 55 heavy (non-hydrogen) atoms. The van der Waals surface area contributed by atoms with E-state index < -0.39 is 0 Å². The summed E-state index contributed by atoms with van der Waals surface area (Å²) in [5, 5.41) is 18.5. The molecule has 0 saturated carbocycles. The summed E-state index contributed by atoms with van der Waals surface area (Å²) in [5.74, 6) is 0.617. The summed E-state index contributed by atoms with van der Waals surface area (Å²) in [5.41, 5.74) is 12.3. The van der Waals surface area contributed by atoms with Crippen molar-refractivity contribution in [3.63, 3.8) is 0 Å². The number of benzene rings is 8. The monoisotopic (exact) mass is 708 g/mol. The molecular formula is C48H29BN2O4. The molecule has 0 aliphatic rings. The zero-order valence-corrected chi connectivity index (χ0v) is 29.4. The van der Waals surface area contributed by atoms with Crippen molar-refractivity contribution < 1.29 is 18.5 Å². The number of aromatic nitrogens is 2. The van der Waals surface area contributed by atoms with Gasteiger partial charge in [-0.25, -0.2) is 0 Å². The van der Waals surface area contributed by atoms with Gasteiger partial charge in [0.1, 0.15) is 28.1 Å². The molecule has 0 fully saturated rings. The SMILES string of the molecule is OBOc1ccc2c(c1)c1cc(-c3ccc4c(c3)c3ccccc3n4-c3ccc4oc5ccccc5c4c3)ccc1n2-c1ccc2oc3ccccc3c2c1. The lowest BCUT2D eigenvalue weighted by Gasteiger charge is -2.10. The van der Waals surface area contributed by atoms with Gasteiger partial charge in [-0.1, -0.05) is 66.7 Å². The Morgan fingerprint density at radius 2 is 0.836 bits per heavy atom. The molecule has 12 rings (SSSR count). The zero-order valence-electron chi connectivity index (χ0n) is 29.4. The minimum Gasteiger partial charge on any atom is -0.539 e. The quantitative estimate of drug-likeness (QED) is 0.181. The van der Waals surface area contributed by atoms with Crippen LogP contribution in [0, 0.1) is 0 Å². The molecule has 0 amide bonds. The normalized spacial score (nSPS) is 12.1. The second kappa shape index (κ2) is 11.4. The molecule has 0 bridgehead atoms. The Morgan fingerprint density at radius 1 is 0.382 bits per heavy atom. The molecule has 12 aromatic rings. The van der Waals surface area contributed by atoms with Crippen molar-refractivity contribution in [1.29, 1.82) is 0 Å².